The van der Waals surface area contributed by atoms with Gasteiger partial charge in [0.2, 0.25) is 5.95 Å². The first-order valence-electron chi connectivity index (χ1n) is 4.47. The van der Waals surface area contributed by atoms with Crippen LogP contribution in [-0.2, 0) is 4.84 Å². The van der Waals surface area contributed by atoms with Crippen LogP contribution in [0.4, 0.5) is 5.95 Å². The van der Waals surface area contributed by atoms with Crippen molar-refractivity contribution in [2.24, 2.45) is 0 Å². The van der Waals surface area contributed by atoms with Crippen molar-refractivity contribution in [3.05, 3.63) is 36.7 Å². The molecule has 0 amide bonds. The molecular weight excluding hydrogens is 194 g/mol. The number of nitrogens with one attached hydrogen (secondary N) is 1. The molecule has 1 aromatic heterocycles. The fourth-order valence-electron chi connectivity index (χ4n) is 1.57. The monoisotopic (exact) mass is 203 g/mol. The largest absolute Gasteiger partial charge is 0.394 e. The molecule has 0 saturated carbocycles. The number of nitrogens with zero attached hydrogens (tertiary/aromatic N) is 3. The van der Waals surface area contributed by atoms with Crippen molar-refractivity contribution in [3.8, 4) is 0 Å². The van der Waals surface area contributed by atoms with E-state index in [1.807, 2.05) is 24.3 Å². The van der Waals surface area contributed by atoms with E-state index in [1.54, 1.807) is 16.0 Å². The Morgan fingerprint density at radius 3 is 3.00 bits per heavy atom. The Hall–Kier alpha value is -2.21. The second kappa shape index (κ2) is 2.89. The number of aromatic nitrogens is 2. The number of nitrogen functional groups attached to an aromatic ring is 1. The second-order valence-corrected chi connectivity index (χ2v) is 3.11. The molecule has 6 heteroatoms. The van der Waals surface area contributed by atoms with Crippen LogP contribution in [0.25, 0.3) is 11.0 Å². The summed E-state index contributed by atoms with van der Waals surface area (Å²) in [4.78, 5) is 9.10. The molecule has 2 heterocycles. The molecule has 3 N–H and O–H groups in total. The van der Waals surface area contributed by atoms with Gasteiger partial charge in [-0.2, -0.15) is 5.12 Å². The fraction of sp³-hybridized carbons (Fsp3) is 0. The lowest BCUT2D eigenvalue weighted by Crippen LogP contribution is -2.38. The molecule has 2 aromatic rings. The maximum atomic E-state index is 5.81. The molecule has 0 unspecified atom stereocenters. The SMILES string of the molecule is Nc1nc2ccccc2n1N1C=CON1. The zero-order valence-corrected chi connectivity index (χ0v) is 7.79. The van der Waals surface area contributed by atoms with Gasteiger partial charge in [-0.3, -0.25) is 0 Å². The molecule has 0 saturated heterocycles. The lowest BCUT2D eigenvalue weighted by atomic mass is 10.3. The van der Waals surface area contributed by atoms with E-state index < -0.39 is 0 Å². The predicted molar refractivity (Wildman–Crippen MR) is 55.7 cm³/mol. The van der Waals surface area contributed by atoms with Crippen LogP contribution in [-0.4, -0.2) is 9.66 Å². The number of imidazole rings is 1. The molecule has 15 heavy (non-hydrogen) atoms. The van der Waals surface area contributed by atoms with E-state index in [0.717, 1.165) is 11.0 Å². The Morgan fingerprint density at radius 1 is 1.33 bits per heavy atom. The molecule has 6 nitrogen and oxygen atoms in total. The summed E-state index contributed by atoms with van der Waals surface area (Å²) < 4.78 is 1.72. The Balaban J connectivity index is 2.23. The highest BCUT2D eigenvalue weighted by Crippen LogP contribution is 2.17. The van der Waals surface area contributed by atoms with Gasteiger partial charge in [-0.15, -0.1) is 0 Å². The standard InChI is InChI=1S/C9H9N5O/c10-9-11-7-3-1-2-4-8(7)14(9)13-5-6-15-12-13/h1-6,12H,(H2,10,11). The summed E-state index contributed by atoms with van der Waals surface area (Å²) in [5.74, 6) is 0.402. The van der Waals surface area contributed by atoms with Crippen LogP contribution in [0, 0.1) is 0 Å². The van der Waals surface area contributed by atoms with Crippen molar-refractivity contribution in [1.82, 2.24) is 15.2 Å². The highest BCUT2D eigenvalue weighted by Gasteiger charge is 2.14. The molecule has 0 atom stereocenters. The molecule has 76 valence electrons. The normalized spacial score (nSPS) is 14.8. The van der Waals surface area contributed by atoms with Crippen LogP contribution < -0.4 is 16.4 Å². The van der Waals surface area contributed by atoms with Gasteiger partial charge in [-0.25, -0.2) is 9.66 Å². The zero-order valence-electron chi connectivity index (χ0n) is 7.79. The van der Waals surface area contributed by atoms with Crippen LogP contribution in [0.1, 0.15) is 0 Å². The molecule has 1 aliphatic rings. The summed E-state index contributed by atoms with van der Waals surface area (Å²) in [5, 5.41) is 1.62. The van der Waals surface area contributed by atoms with E-state index in [2.05, 4.69) is 10.6 Å². The van der Waals surface area contributed by atoms with Crippen molar-refractivity contribution in [2.75, 3.05) is 10.9 Å². The van der Waals surface area contributed by atoms with E-state index in [1.165, 1.54) is 6.26 Å². The number of nitrogens with two attached hydrogens (primary N) is 1. The summed E-state index contributed by atoms with van der Waals surface area (Å²) in [6.45, 7) is 0. The van der Waals surface area contributed by atoms with Gasteiger partial charge in [0, 0.05) is 0 Å². The Kier molecular flexibility index (Phi) is 1.57. The molecule has 0 fully saturated rings. The number of hydrogen-bond donors (Lipinski definition) is 2. The highest BCUT2D eigenvalue weighted by molar-refractivity contribution is 5.78. The Bertz CT molecular complexity index is 532. The first-order chi connectivity index (χ1) is 7.36. The lowest BCUT2D eigenvalue weighted by Gasteiger charge is -2.16. The first kappa shape index (κ1) is 8.13. The molecule has 0 radical (unpaired) electrons. The fourth-order valence-corrected chi connectivity index (χ4v) is 1.57. The van der Waals surface area contributed by atoms with E-state index in [9.17, 15) is 0 Å². The first-order valence-corrected chi connectivity index (χ1v) is 4.47. The maximum absolute atomic E-state index is 5.81. The highest BCUT2D eigenvalue weighted by atomic mass is 16.7. The summed E-state index contributed by atoms with van der Waals surface area (Å²) in [7, 11) is 0. The van der Waals surface area contributed by atoms with Gasteiger partial charge in [0.1, 0.15) is 6.26 Å². The number of benzene rings is 1. The average molecular weight is 203 g/mol. The van der Waals surface area contributed by atoms with Crippen LogP contribution in [0.5, 0.6) is 0 Å². The molecule has 3 rings (SSSR count). The number of rotatable bonds is 1. The number of hydrazine groups is 1. The summed E-state index contributed by atoms with van der Waals surface area (Å²) in [6, 6.07) is 7.69. The molecule has 0 bridgehead atoms. The minimum atomic E-state index is 0.402. The summed E-state index contributed by atoms with van der Waals surface area (Å²) in [6.07, 6.45) is 3.23. The second-order valence-electron chi connectivity index (χ2n) is 3.11. The lowest BCUT2D eigenvalue weighted by molar-refractivity contribution is 0.141. The van der Waals surface area contributed by atoms with Crippen molar-refractivity contribution < 1.29 is 4.84 Å². The van der Waals surface area contributed by atoms with Crippen LogP contribution in [0.2, 0.25) is 0 Å². The average Bonchev–Trinajstić information content (AvgIpc) is 2.82. The van der Waals surface area contributed by atoms with Gasteiger partial charge in [-0.1, -0.05) is 12.1 Å². The van der Waals surface area contributed by atoms with E-state index in [0.29, 0.717) is 5.95 Å². The predicted octanol–water partition coefficient (Wildman–Crippen LogP) is 0.477. The molecule has 0 aliphatic carbocycles. The van der Waals surface area contributed by atoms with E-state index in [-0.39, 0.29) is 0 Å². The van der Waals surface area contributed by atoms with Crippen LogP contribution in [0.15, 0.2) is 36.7 Å². The van der Waals surface area contributed by atoms with Crippen LogP contribution in [0.3, 0.4) is 0 Å². The summed E-state index contributed by atoms with van der Waals surface area (Å²) in [5.41, 5.74) is 10.2. The van der Waals surface area contributed by atoms with Gasteiger partial charge in [-0.05, 0) is 17.7 Å². The third-order valence-electron chi connectivity index (χ3n) is 2.19. The third-order valence-corrected chi connectivity index (χ3v) is 2.19. The number of hydrogen-bond acceptors (Lipinski definition) is 5. The van der Waals surface area contributed by atoms with Crippen molar-refractivity contribution >= 4 is 17.0 Å². The van der Waals surface area contributed by atoms with E-state index >= 15 is 0 Å². The number of fused-ring (bicyclic) bond motifs is 1. The van der Waals surface area contributed by atoms with Crippen molar-refractivity contribution in [2.45, 2.75) is 0 Å². The van der Waals surface area contributed by atoms with Gasteiger partial charge < -0.3 is 10.6 Å². The Morgan fingerprint density at radius 2 is 2.20 bits per heavy atom. The third kappa shape index (κ3) is 1.12. The Labute approximate surface area is 85.4 Å². The topological polar surface area (TPSA) is 68.3 Å². The zero-order chi connectivity index (χ0) is 10.3. The minimum Gasteiger partial charge on any atom is -0.394 e. The minimum absolute atomic E-state index is 0.402. The van der Waals surface area contributed by atoms with Gasteiger partial charge in [0.25, 0.3) is 0 Å². The van der Waals surface area contributed by atoms with Crippen molar-refractivity contribution in [3.63, 3.8) is 0 Å². The van der Waals surface area contributed by atoms with Gasteiger partial charge in [0.15, 0.2) is 0 Å². The van der Waals surface area contributed by atoms with E-state index in [4.69, 9.17) is 10.6 Å². The van der Waals surface area contributed by atoms with Gasteiger partial charge in [0.05, 0.1) is 17.2 Å². The smallest absolute Gasteiger partial charge is 0.222 e. The quantitative estimate of drug-likeness (QED) is 0.705. The molecule has 1 aliphatic heterocycles. The van der Waals surface area contributed by atoms with Crippen LogP contribution >= 0.6 is 0 Å². The number of para-hydroxylation sites is 2. The molecular formula is C9H9N5O. The van der Waals surface area contributed by atoms with Crippen molar-refractivity contribution in [1.29, 1.82) is 0 Å². The molecule has 0 spiro atoms. The maximum Gasteiger partial charge on any atom is 0.222 e. The molecule has 1 aromatic carbocycles. The number of anilines is 1. The van der Waals surface area contributed by atoms with Gasteiger partial charge >= 0.3 is 0 Å². The summed E-state index contributed by atoms with van der Waals surface area (Å²) >= 11 is 0.